The van der Waals surface area contributed by atoms with E-state index in [0.717, 1.165) is 0 Å². The average molecular weight is 242 g/mol. The summed E-state index contributed by atoms with van der Waals surface area (Å²) in [6.45, 7) is 2.85. The molecule has 0 saturated carbocycles. The fraction of sp³-hybridized carbons (Fsp3) is 0.500. The van der Waals surface area contributed by atoms with Crippen LogP contribution in [0.2, 0.25) is 5.15 Å². The van der Waals surface area contributed by atoms with Crippen molar-refractivity contribution in [3.8, 4) is 0 Å². The zero-order chi connectivity index (χ0) is 11.8. The van der Waals surface area contributed by atoms with Gasteiger partial charge in [0.15, 0.2) is 0 Å². The highest BCUT2D eigenvalue weighted by atomic mass is 35.5. The number of anilines is 1. The van der Waals surface area contributed by atoms with Crippen LogP contribution in [0.1, 0.15) is 13.3 Å². The molecule has 1 atom stereocenters. The number of nitrogens with zero attached hydrogens (tertiary/aromatic N) is 3. The molecule has 16 heavy (non-hydrogen) atoms. The molecule has 0 bridgehead atoms. The minimum Gasteiger partial charge on any atom is -0.481 e. The largest absolute Gasteiger partial charge is 0.481 e. The maximum atomic E-state index is 11.1. The number of aromatic nitrogens is 2. The highest BCUT2D eigenvalue weighted by molar-refractivity contribution is 6.29. The lowest BCUT2D eigenvalue weighted by Crippen LogP contribution is -2.32. The van der Waals surface area contributed by atoms with Crippen LogP contribution in [0.5, 0.6) is 0 Å². The molecule has 1 fully saturated rings. The molecule has 0 aliphatic carbocycles. The van der Waals surface area contributed by atoms with Gasteiger partial charge >= 0.3 is 5.97 Å². The summed E-state index contributed by atoms with van der Waals surface area (Å²) in [4.78, 5) is 21.0. The first-order valence-corrected chi connectivity index (χ1v) is 5.35. The number of carboxylic acid groups (broad SMARTS) is 1. The first-order valence-electron chi connectivity index (χ1n) is 4.97. The average Bonchev–Trinajstić information content (AvgIpc) is 2.62. The monoisotopic (exact) mass is 241 g/mol. The Labute approximate surface area is 98.1 Å². The van der Waals surface area contributed by atoms with Gasteiger partial charge in [-0.25, -0.2) is 4.98 Å². The molecule has 0 amide bonds. The summed E-state index contributed by atoms with van der Waals surface area (Å²) in [6.07, 6.45) is 3.66. The predicted octanol–water partition coefficient (Wildman–Crippen LogP) is 1.43. The quantitative estimate of drug-likeness (QED) is 0.849. The molecule has 1 saturated heterocycles. The van der Waals surface area contributed by atoms with Crippen molar-refractivity contribution < 1.29 is 9.90 Å². The van der Waals surface area contributed by atoms with Crippen LogP contribution >= 0.6 is 11.6 Å². The van der Waals surface area contributed by atoms with Crippen LogP contribution < -0.4 is 4.90 Å². The summed E-state index contributed by atoms with van der Waals surface area (Å²) in [5.74, 6) is -0.137. The van der Waals surface area contributed by atoms with Gasteiger partial charge in [0.2, 0.25) is 0 Å². The number of halogens is 1. The highest BCUT2D eigenvalue weighted by Gasteiger charge is 2.40. The highest BCUT2D eigenvalue weighted by Crippen LogP contribution is 2.32. The molecule has 5 nitrogen and oxygen atoms in total. The summed E-state index contributed by atoms with van der Waals surface area (Å²) < 4.78 is 0. The lowest BCUT2D eigenvalue weighted by molar-refractivity contribution is -0.146. The third-order valence-corrected chi connectivity index (χ3v) is 3.09. The smallest absolute Gasteiger partial charge is 0.311 e. The topological polar surface area (TPSA) is 66.3 Å². The lowest BCUT2D eigenvalue weighted by atomic mass is 9.90. The van der Waals surface area contributed by atoms with E-state index in [1.807, 2.05) is 4.90 Å². The molecule has 1 unspecified atom stereocenters. The van der Waals surface area contributed by atoms with Gasteiger partial charge in [-0.05, 0) is 13.3 Å². The van der Waals surface area contributed by atoms with Gasteiger partial charge in [-0.3, -0.25) is 9.78 Å². The predicted molar refractivity (Wildman–Crippen MR) is 59.6 cm³/mol. The van der Waals surface area contributed by atoms with Gasteiger partial charge in [-0.1, -0.05) is 11.6 Å². The fourth-order valence-corrected chi connectivity index (χ4v) is 1.96. The first kappa shape index (κ1) is 11.1. The second kappa shape index (κ2) is 3.90. The van der Waals surface area contributed by atoms with Gasteiger partial charge < -0.3 is 10.0 Å². The van der Waals surface area contributed by atoms with Crippen LogP contribution in [-0.4, -0.2) is 34.1 Å². The van der Waals surface area contributed by atoms with E-state index in [-0.39, 0.29) is 0 Å². The minimum absolute atomic E-state index is 0.321. The molecule has 2 heterocycles. The van der Waals surface area contributed by atoms with E-state index in [1.54, 1.807) is 13.1 Å². The molecule has 0 aromatic carbocycles. The van der Waals surface area contributed by atoms with E-state index in [0.29, 0.717) is 30.5 Å². The van der Waals surface area contributed by atoms with Crippen molar-refractivity contribution in [3.63, 3.8) is 0 Å². The third-order valence-electron chi connectivity index (χ3n) is 2.91. The minimum atomic E-state index is -0.773. The van der Waals surface area contributed by atoms with Crippen molar-refractivity contribution in [1.29, 1.82) is 0 Å². The zero-order valence-corrected chi connectivity index (χ0v) is 9.61. The maximum absolute atomic E-state index is 11.1. The van der Waals surface area contributed by atoms with Gasteiger partial charge in [0.1, 0.15) is 11.0 Å². The van der Waals surface area contributed by atoms with E-state index in [1.165, 1.54) is 6.20 Å². The Morgan fingerprint density at radius 2 is 2.38 bits per heavy atom. The van der Waals surface area contributed by atoms with Gasteiger partial charge in [-0.2, -0.15) is 0 Å². The lowest BCUT2D eigenvalue weighted by Gasteiger charge is -2.20. The van der Waals surface area contributed by atoms with Gasteiger partial charge in [0.25, 0.3) is 0 Å². The van der Waals surface area contributed by atoms with Gasteiger partial charge in [-0.15, -0.1) is 0 Å². The van der Waals surface area contributed by atoms with Crippen LogP contribution in [0.3, 0.4) is 0 Å². The van der Waals surface area contributed by atoms with Crippen LogP contribution in [0.25, 0.3) is 0 Å². The fourth-order valence-electron chi connectivity index (χ4n) is 1.82. The Bertz CT molecular complexity index is 426. The third kappa shape index (κ3) is 1.95. The van der Waals surface area contributed by atoms with Crippen molar-refractivity contribution in [2.75, 3.05) is 18.0 Å². The van der Waals surface area contributed by atoms with E-state index < -0.39 is 11.4 Å². The number of carboxylic acids is 1. The molecular weight excluding hydrogens is 230 g/mol. The number of hydrogen-bond donors (Lipinski definition) is 1. The molecule has 86 valence electrons. The molecule has 0 radical (unpaired) electrons. The standard InChI is InChI=1S/C10H12ClN3O2/c1-10(9(15)16)2-3-14(6-10)8-5-12-4-7(11)13-8/h4-5H,2-3,6H2,1H3,(H,15,16). The molecule has 2 rings (SSSR count). The molecule has 1 N–H and O–H groups in total. The summed E-state index contributed by atoms with van der Waals surface area (Å²) in [5.41, 5.74) is -0.704. The second-order valence-electron chi connectivity index (χ2n) is 4.24. The van der Waals surface area contributed by atoms with Crippen LogP contribution in [0, 0.1) is 5.41 Å². The molecule has 1 aliphatic rings. The zero-order valence-electron chi connectivity index (χ0n) is 8.85. The molecular formula is C10H12ClN3O2. The molecule has 1 aromatic heterocycles. The van der Waals surface area contributed by atoms with Crippen LogP contribution in [0.4, 0.5) is 5.82 Å². The summed E-state index contributed by atoms with van der Waals surface area (Å²) in [6, 6.07) is 0. The van der Waals surface area contributed by atoms with Crippen molar-refractivity contribution in [2.45, 2.75) is 13.3 Å². The summed E-state index contributed by atoms with van der Waals surface area (Å²) in [7, 11) is 0. The summed E-state index contributed by atoms with van der Waals surface area (Å²) >= 11 is 5.74. The normalized spacial score (nSPS) is 24.8. The molecule has 0 spiro atoms. The van der Waals surface area contributed by atoms with Crippen molar-refractivity contribution >= 4 is 23.4 Å². The molecule has 1 aromatic rings. The van der Waals surface area contributed by atoms with Crippen molar-refractivity contribution in [2.24, 2.45) is 5.41 Å². The number of carbonyl (C=O) groups is 1. The van der Waals surface area contributed by atoms with Gasteiger partial charge in [0, 0.05) is 13.1 Å². The maximum Gasteiger partial charge on any atom is 0.311 e. The van der Waals surface area contributed by atoms with Crippen molar-refractivity contribution in [1.82, 2.24) is 9.97 Å². The van der Waals surface area contributed by atoms with Gasteiger partial charge in [0.05, 0.1) is 17.8 Å². The molecule has 1 aliphatic heterocycles. The van der Waals surface area contributed by atoms with Crippen molar-refractivity contribution in [3.05, 3.63) is 17.5 Å². The van der Waals surface area contributed by atoms with Crippen LogP contribution in [-0.2, 0) is 4.79 Å². The Hall–Kier alpha value is -1.36. The number of aliphatic carboxylic acids is 1. The van der Waals surface area contributed by atoms with E-state index in [4.69, 9.17) is 16.7 Å². The second-order valence-corrected chi connectivity index (χ2v) is 4.62. The Kier molecular flexibility index (Phi) is 2.71. The number of rotatable bonds is 2. The SMILES string of the molecule is CC1(C(=O)O)CCN(c2cncc(Cl)n2)C1. The van der Waals surface area contributed by atoms with Crippen LogP contribution in [0.15, 0.2) is 12.4 Å². The van der Waals surface area contributed by atoms with E-state index >= 15 is 0 Å². The Morgan fingerprint density at radius 3 is 2.94 bits per heavy atom. The molecule has 6 heteroatoms. The Balaban J connectivity index is 2.18. The number of hydrogen-bond acceptors (Lipinski definition) is 4. The first-order chi connectivity index (χ1) is 7.51. The van der Waals surface area contributed by atoms with E-state index in [2.05, 4.69) is 9.97 Å². The summed E-state index contributed by atoms with van der Waals surface area (Å²) in [5, 5.41) is 9.42. The van der Waals surface area contributed by atoms with E-state index in [9.17, 15) is 4.79 Å². The Morgan fingerprint density at radius 1 is 1.62 bits per heavy atom.